The standard InChI is InChI=1S/C15H13ClO2/c1-11-5-2-3-8-15(11)18-10-12-6-4-7-14(16)13(12)9-17/h2-9H,10H2,1H3. The number of aryl methyl sites for hydroxylation is 1. The van der Waals surface area contributed by atoms with E-state index in [1.807, 2.05) is 43.3 Å². The van der Waals surface area contributed by atoms with Gasteiger partial charge in [0.05, 0.1) is 5.02 Å². The lowest BCUT2D eigenvalue weighted by Crippen LogP contribution is -2.01. The molecule has 0 saturated carbocycles. The highest BCUT2D eigenvalue weighted by atomic mass is 35.5. The monoisotopic (exact) mass is 260 g/mol. The molecule has 0 saturated heterocycles. The van der Waals surface area contributed by atoms with Crippen LogP contribution in [0.4, 0.5) is 0 Å². The third-order valence-electron chi connectivity index (χ3n) is 2.74. The molecule has 0 N–H and O–H groups in total. The fourth-order valence-electron chi connectivity index (χ4n) is 1.71. The van der Waals surface area contributed by atoms with Crippen LogP contribution >= 0.6 is 11.6 Å². The van der Waals surface area contributed by atoms with E-state index < -0.39 is 0 Å². The molecule has 2 aromatic rings. The molecule has 2 aromatic carbocycles. The Bertz CT molecular complexity index is 564. The molecule has 3 heteroatoms. The van der Waals surface area contributed by atoms with Gasteiger partial charge in [-0.1, -0.05) is 41.9 Å². The van der Waals surface area contributed by atoms with Gasteiger partial charge in [0.2, 0.25) is 0 Å². The summed E-state index contributed by atoms with van der Waals surface area (Å²) in [5.41, 5.74) is 2.35. The van der Waals surface area contributed by atoms with Crippen molar-refractivity contribution in [2.24, 2.45) is 0 Å². The van der Waals surface area contributed by atoms with Gasteiger partial charge in [0.1, 0.15) is 12.4 Å². The van der Waals surface area contributed by atoms with Crippen molar-refractivity contribution in [3.63, 3.8) is 0 Å². The topological polar surface area (TPSA) is 26.3 Å². The average Bonchev–Trinajstić information content (AvgIpc) is 2.38. The molecule has 0 spiro atoms. The van der Waals surface area contributed by atoms with Crippen LogP contribution in [0.2, 0.25) is 5.02 Å². The van der Waals surface area contributed by atoms with Crippen molar-refractivity contribution in [2.75, 3.05) is 0 Å². The minimum Gasteiger partial charge on any atom is -0.489 e. The second kappa shape index (κ2) is 5.69. The van der Waals surface area contributed by atoms with Crippen molar-refractivity contribution in [2.45, 2.75) is 13.5 Å². The highest BCUT2D eigenvalue weighted by molar-refractivity contribution is 6.33. The Kier molecular flexibility index (Phi) is 4.00. The summed E-state index contributed by atoms with van der Waals surface area (Å²) < 4.78 is 5.70. The summed E-state index contributed by atoms with van der Waals surface area (Å²) in [6.45, 7) is 2.31. The molecule has 0 radical (unpaired) electrons. The first kappa shape index (κ1) is 12.7. The van der Waals surface area contributed by atoms with Crippen molar-refractivity contribution in [1.29, 1.82) is 0 Å². The van der Waals surface area contributed by atoms with Gasteiger partial charge in [-0.25, -0.2) is 0 Å². The number of halogens is 1. The Morgan fingerprint density at radius 2 is 1.94 bits per heavy atom. The van der Waals surface area contributed by atoms with Gasteiger partial charge < -0.3 is 4.74 Å². The Labute approximate surface area is 111 Å². The van der Waals surface area contributed by atoms with Gasteiger partial charge in [-0.05, 0) is 24.6 Å². The van der Waals surface area contributed by atoms with Gasteiger partial charge in [0, 0.05) is 11.1 Å². The highest BCUT2D eigenvalue weighted by Crippen LogP contribution is 2.22. The van der Waals surface area contributed by atoms with Crippen LogP contribution in [0.25, 0.3) is 0 Å². The molecule has 0 amide bonds. The maximum Gasteiger partial charge on any atom is 0.151 e. The molecule has 2 nitrogen and oxygen atoms in total. The zero-order chi connectivity index (χ0) is 13.0. The second-order valence-corrected chi connectivity index (χ2v) is 4.39. The van der Waals surface area contributed by atoms with E-state index in [1.165, 1.54) is 0 Å². The van der Waals surface area contributed by atoms with E-state index in [9.17, 15) is 4.79 Å². The molecule has 0 atom stereocenters. The fourth-order valence-corrected chi connectivity index (χ4v) is 1.95. The Morgan fingerprint density at radius 3 is 2.67 bits per heavy atom. The molecular weight excluding hydrogens is 248 g/mol. The molecule has 2 rings (SSSR count). The van der Waals surface area contributed by atoms with Crippen molar-refractivity contribution >= 4 is 17.9 Å². The van der Waals surface area contributed by atoms with E-state index in [2.05, 4.69) is 0 Å². The molecule has 0 aliphatic carbocycles. The summed E-state index contributed by atoms with van der Waals surface area (Å²) in [7, 11) is 0. The van der Waals surface area contributed by atoms with Crippen LogP contribution in [0, 0.1) is 6.92 Å². The molecule has 0 unspecified atom stereocenters. The van der Waals surface area contributed by atoms with E-state index in [0.717, 1.165) is 23.2 Å². The summed E-state index contributed by atoms with van der Waals surface area (Å²) in [5.74, 6) is 0.814. The summed E-state index contributed by atoms with van der Waals surface area (Å²) in [6, 6.07) is 13.1. The molecule has 0 heterocycles. The summed E-state index contributed by atoms with van der Waals surface area (Å²) in [6.07, 6.45) is 0.763. The van der Waals surface area contributed by atoms with Crippen molar-refractivity contribution in [1.82, 2.24) is 0 Å². The number of ether oxygens (including phenoxy) is 1. The van der Waals surface area contributed by atoms with Crippen molar-refractivity contribution in [3.8, 4) is 5.75 Å². The van der Waals surface area contributed by atoms with E-state index in [-0.39, 0.29) is 0 Å². The molecule has 0 aliphatic heterocycles. The zero-order valence-corrected chi connectivity index (χ0v) is 10.8. The maximum absolute atomic E-state index is 11.0. The van der Waals surface area contributed by atoms with E-state index in [1.54, 1.807) is 6.07 Å². The SMILES string of the molecule is Cc1ccccc1OCc1cccc(Cl)c1C=O. The number of rotatable bonds is 4. The van der Waals surface area contributed by atoms with Crippen LogP contribution in [0.5, 0.6) is 5.75 Å². The zero-order valence-electron chi connectivity index (χ0n) is 10.0. The molecule has 0 bridgehead atoms. The largest absolute Gasteiger partial charge is 0.489 e. The Balaban J connectivity index is 2.18. The van der Waals surface area contributed by atoms with Gasteiger partial charge in [-0.2, -0.15) is 0 Å². The number of carbonyl (C=O) groups excluding carboxylic acids is 1. The Morgan fingerprint density at radius 1 is 1.17 bits per heavy atom. The lowest BCUT2D eigenvalue weighted by molar-refractivity contribution is 0.112. The lowest BCUT2D eigenvalue weighted by Gasteiger charge is -2.10. The summed E-state index contributed by atoms with van der Waals surface area (Å²) in [4.78, 5) is 11.0. The number of para-hydroxylation sites is 1. The normalized spacial score (nSPS) is 10.1. The number of carbonyl (C=O) groups is 1. The summed E-state index contributed by atoms with van der Waals surface area (Å²) in [5, 5.41) is 0.455. The highest BCUT2D eigenvalue weighted by Gasteiger charge is 2.07. The number of hydrogen-bond donors (Lipinski definition) is 0. The van der Waals surface area contributed by atoms with E-state index >= 15 is 0 Å². The lowest BCUT2D eigenvalue weighted by atomic mass is 10.1. The van der Waals surface area contributed by atoms with Crippen LogP contribution in [0.3, 0.4) is 0 Å². The van der Waals surface area contributed by atoms with Gasteiger partial charge >= 0.3 is 0 Å². The Hall–Kier alpha value is -1.80. The molecule has 0 aliphatic rings. The van der Waals surface area contributed by atoms with Crippen LogP contribution in [0.1, 0.15) is 21.5 Å². The van der Waals surface area contributed by atoms with Crippen molar-refractivity contribution < 1.29 is 9.53 Å². The van der Waals surface area contributed by atoms with Crippen LogP contribution in [0.15, 0.2) is 42.5 Å². The van der Waals surface area contributed by atoms with Crippen molar-refractivity contribution in [3.05, 3.63) is 64.2 Å². The van der Waals surface area contributed by atoms with Gasteiger partial charge in [-0.3, -0.25) is 4.79 Å². The number of aldehydes is 1. The predicted molar refractivity (Wildman–Crippen MR) is 72.4 cm³/mol. The minimum atomic E-state index is 0.333. The molecule has 0 fully saturated rings. The fraction of sp³-hybridized carbons (Fsp3) is 0.133. The first-order valence-electron chi connectivity index (χ1n) is 5.63. The second-order valence-electron chi connectivity index (χ2n) is 3.98. The third-order valence-corrected chi connectivity index (χ3v) is 3.07. The van der Waals surface area contributed by atoms with Crippen LogP contribution < -0.4 is 4.74 Å². The number of hydrogen-bond acceptors (Lipinski definition) is 2. The average molecular weight is 261 g/mol. The van der Waals surface area contributed by atoms with Crippen LogP contribution in [-0.4, -0.2) is 6.29 Å². The van der Waals surface area contributed by atoms with Gasteiger partial charge in [0.25, 0.3) is 0 Å². The number of benzene rings is 2. The van der Waals surface area contributed by atoms with E-state index in [0.29, 0.717) is 17.2 Å². The minimum absolute atomic E-state index is 0.333. The van der Waals surface area contributed by atoms with E-state index in [4.69, 9.17) is 16.3 Å². The first-order valence-corrected chi connectivity index (χ1v) is 6.01. The third kappa shape index (κ3) is 2.71. The molecule has 18 heavy (non-hydrogen) atoms. The molecular formula is C15H13ClO2. The summed E-state index contributed by atoms with van der Waals surface area (Å²) >= 11 is 5.96. The predicted octanol–water partition coefficient (Wildman–Crippen LogP) is 4.04. The van der Waals surface area contributed by atoms with Crippen LogP contribution in [-0.2, 0) is 6.61 Å². The van der Waals surface area contributed by atoms with Gasteiger partial charge in [0.15, 0.2) is 6.29 Å². The first-order chi connectivity index (χ1) is 8.72. The smallest absolute Gasteiger partial charge is 0.151 e. The maximum atomic E-state index is 11.0. The quantitative estimate of drug-likeness (QED) is 0.776. The molecule has 92 valence electrons. The van der Waals surface area contributed by atoms with Gasteiger partial charge in [-0.15, -0.1) is 0 Å². The molecule has 0 aromatic heterocycles.